The number of hydrogen-bond acceptors (Lipinski definition) is 5. The van der Waals surface area contributed by atoms with Crippen LogP contribution in [0.2, 0.25) is 0 Å². The molecule has 0 saturated carbocycles. The largest absolute Gasteiger partial charge is 0.262 e. The molecule has 0 saturated heterocycles. The molecule has 1 aliphatic heterocycles. The molecule has 0 radical (unpaired) electrons. The first-order valence-electron chi connectivity index (χ1n) is 2.86. The molecule has 0 aromatic rings. The molecule has 0 bridgehead atoms. The van der Waals surface area contributed by atoms with E-state index in [1.165, 1.54) is 16.3 Å². The third kappa shape index (κ3) is 2.50. The van der Waals surface area contributed by atoms with E-state index in [0.29, 0.717) is 0 Å². The molecule has 0 aromatic heterocycles. The van der Waals surface area contributed by atoms with Crippen LogP contribution in [0.1, 0.15) is 0 Å². The predicted molar refractivity (Wildman–Crippen MR) is 53.4 cm³/mol. The van der Waals surface area contributed by atoms with Crippen LogP contribution in [0.3, 0.4) is 0 Å². The van der Waals surface area contributed by atoms with Crippen LogP contribution in [0, 0.1) is 0 Å². The number of nitrogens with zero attached hydrogens (tertiary/aromatic N) is 2. The Kier molecular flexibility index (Phi) is 3.42. The van der Waals surface area contributed by atoms with Crippen molar-refractivity contribution in [3.63, 3.8) is 0 Å². The summed E-state index contributed by atoms with van der Waals surface area (Å²) in [5.41, 5.74) is 2.85. The van der Waals surface area contributed by atoms with E-state index in [1.54, 1.807) is 18.0 Å². The Labute approximate surface area is 79.3 Å². The van der Waals surface area contributed by atoms with Gasteiger partial charge < -0.3 is 0 Å². The maximum absolute atomic E-state index is 5.70. The number of hydrazine groups is 1. The zero-order valence-corrected chi connectivity index (χ0v) is 8.56. The molecular weight excluding hydrogens is 202 g/mol. The highest BCUT2D eigenvalue weighted by Gasteiger charge is 2.08. The highest BCUT2D eigenvalue weighted by molar-refractivity contribution is 8.13. The summed E-state index contributed by atoms with van der Waals surface area (Å²) in [5, 5.41) is 1.72. The molecule has 0 amide bonds. The Morgan fingerprint density at radius 3 is 2.82 bits per heavy atom. The summed E-state index contributed by atoms with van der Waals surface area (Å²) in [5.74, 6) is 0. The number of rotatable bonds is 1. The third-order valence-electron chi connectivity index (χ3n) is 1.04. The van der Waals surface area contributed by atoms with Gasteiger partial charge in [0.2, 0.25) is 0 Å². The highest BCUT2D eigenvalue weighted by Crippen LogP contribution is 2.19. The molecule has 1 rings (SSSR count). The first-order chi connectivity index (χ1) is 5.26. The van der Waals surface area contributed by atoms with Crippen LogP contribution in [0.4, 0.5) is 0 Å². The van der Waals surface area contributed by atoms with Crippen LogP contribution < -0.4 is 5.43 Å². The number of hydrogen-bond donors (Lipinski definition) is 1. The van der Waals surface area contributed by atoms with E-state index in [0.717, 1.165) is 10.2 Å². The maximum atomic E-state index is 5.70. The second-order valence-electron chi connectivity index (χ2n) is 1.72. The van der Waals surface area contributed by atoms with Gasteiger partial charge in [-0.1, -0.05) is 11.8 Å². The van der Waals surface area contributed by atoms with Crippen LogP contribution in [-0.2, 0) is 0 Å². The van der Waals surface area contributed by atoms with Gasteiger partial charge in [-0.25, -0.2) is 4.99 Å². The van der Waals surface area contributed by atoms with E-state index in [1.807, 2.05) is 12.5 Å². The fraction of sp³-hybridized carbons (Fsp3) is 0.400. The Balaban J connectivity index is 2.71. The minimum Gasteiger partial charge on any atom is -0.262 e. The summed E-state index contributed by atoms with van der Waals surface area (Å²) in [6, 6.07) is 0. The SMILES string of the molecule is CSC1=CN(Cl)NC(SC)=N1. The van der Waals surface area contributed by atoms with Gasteiger partial charge in [0.05, 0.1) is 6.20 Å². The van der Waals surface area contributed by atoms with Crippen molar-refractivity contribution < 1.29 is 0 Å². The molecule has 0 unspecified atom stereocenters. The lowest BCUT2D eigenvalue weighted by molar-refractivity contribution is 0.545. The summed E-state index contributed by atoms with van der Waals surface area (Å²) < 4.78 is 1.38. The van der Waals surface area contributed by atoms with Gasteiger partial charge in [0.1, 0.15) is 5.03 Å². The zero-order valence-electron chi connectivity index (χ0n) is 6.17. The van der Waals surface area contributed by atoms with E-state index in [-0.39, 0.29) is 0 Å². The summed E-state index contributed by atoms with van der Waals surface area (Å²) in [4.78, 5) is 4.24. The monoisotopic (exact) mass is 209 g/mol. The van der Waals surface area contributed by atoms with Crippen LogP contribution >= 0.6 is 35.3 Å². The number of nitrogens with one attached hydrogen (secondary N) is 1. The lowest BCUT2D eigenvalue weighted by Crippen LogP contribution is -2.32. The fourth-order valence-corrected chi connectivity index (χ4v) is 1.68. The van der Waals surface area contributed by atoms with Crippen molar-refractivity contribution in [2.45, 2.75) is 0 Å². The van der Waals surface area contributed by atoms with Gasteiger partial charge in [0.25, 0.3) is 0 Å². The Morgan fingerprint density at radius 1 is 1.55 bits per heavy atom. The highest BCUT2D eigenvalue weighted by atomic mass is 35.5. The minimum atomic E-state index is 0.812. The average molecular weight is 210 g/mol. The molecule has 6 heteroatoms. The molecule has 1 aliphatic rings. The molecule has 0 fully saturated rings. The lowest BCUT2D eigenvalue weighted by atomic mass is 10.8. The van der Waals surface area contributed by atoms with Crippen molar-refractivity contribution in [1.82, 2.24) is 9.95 Å². The van der Waals surface area contributed by atoms with Gasteiger partial charge in [-0.05, 0) is 12.5 Å². The van der Waals surface area contributed by atoms with E-state index in [2.05, 4.69) is 10.4 Å². The molecule has 1 N–H and O–H groups in total. The summed E-state index contributed by atoms with van der Waals surface area (Å²) in [7, 11) is 0. The molecule has 0 spiro atoms. The maximum Gasteiger partial charge on any atom is 0.182 e. The first-order valence-corrected chi connectivity index (χ1v) is 5.65. The summed E-state index contributed by atoms with van der Waals surface area (Å²) in [6.07, 6.45) is 5.63. The van der Waals surface area contributed by atoms with Gasteiger partial charge in [0, 0.05) is 11.8 Å². The van der Waals surface area contributed by atoms with Crippen LogP contribution in [0.15, 0.2) is 16.2 Å². The number of aliphatic imine (C=N–C) groups is 1. The second kappa shape index (κ2) is 4.13. The number of amidine groups is 1. The molecule has 1 heterocycles. The van der Waals surface area contributed by atoms with Crippen LogP contribution in [0.5, 0.6) is 0 Å². The van der Waals surface area contributed by atoms with Crippen molar-refractivity contribution in [3.8, 4) is 0 Å². The van der Waals surface area contributed by atoms with E-state index < -0.39 is 0 Å². The molecule has 0 aromatic carbocycles. The van der Waals surface area contributed by atoms with Gasteiger partial charge >= 0.3 is 0 Å². The smallest absolute Gasteiger partial charge is 0.182 e. The Hall–Kier alpha value is -0.000000000000000111. The number of thioether (sulfide) groups is 2. The van der Waals surface area contributed by atoms with Crippen molar-refractivity contribution in [2.24, 2.45) is 4.99 Å². The predicted octanol–water partition coefficient (Wildman–Crippen LogP) is 1.84. The van der Waals surface area contributed by atoms with Crippen molar-refractivity contribution in [2.75, 3.05) is 12.5 Å². The quantitative estimate of drug-likeness (QED) is 0.667. The van der Waals surface area contributed by atoms with Gasteiger partial charge in [-0.3, -0.25) is 5.43 Å². The molecule has 11 heavy (non-hydrogen) atoms. The number of halogens is 1. The first kappa shape index (κ1) is 9.09. The van der Waals surface area contributed by atoms with Crippen LogP contribution in [-0.4, -0.2) is 22.2 Å². The Bertz CT molecular complexity index is 204. The molecule has 62 valence electrons. The van der Waals surface area contributed by atoms with Gasteiger partial charge in [-0.2, -0.15) is 4.53 Å². The van der Waals surface area contributed by atoms with Gasteiger partial charge in [-0.15, -0.1) is 11.8 Å². The summed E-state index contributed by atoms with van der Waals surface area (Å²) in [6.45, 7) is 0. The Morgan fingerprint density at radius 2 is 2.27 bits per heavy atom. The van der Waals surface area contributed by atoms with Crippen molar-refractivity contribution in [3.05, 3.63) is 11.2 Å². The standard InChI is InChI=1S/C5H8ClN3S2/c1-10-4-3-9(6)8-5(7-4)11-2/h3H,1-2H3,(H,7,8). The van der Waals surface area contributed by atoms with Crippen molar-refractivity contribution >= 4 is 40.5 Å². The fourth-order valence-electron chi connectivity index (χ4n) is 0.564. The van der Waals surface area contributed by atoms with E-state index in [4.69, 9.17) is 11.8 Å². The molecule has 3 nitrogen and oxygen atoms in total. The second-order valence-corrected chi connectivity index (χ2v) is 3.70. The van der Waals surface area contributed by atoms with Crippen LogP contribution in [0.25, 0.3) is 0 Å². The van der Waals surface area contributed by atoms with E-state index >= 15 is 0 Å². The van der Waals surface area contributed by atoms with Crippen molar-refractivity contribution in [1.29, 1.82) is 0 Å². The average Bonchev–Trinajstić information content (AvgIpc) is 2.03. The third-order valence-corrected chi connectivity index (χ3v) is 2.41. The zero-order chi connectivity index (χ0) is 8.27. The minimum absolute atomic E-state index is 0.812. The lowest BCUT2D eigenvalue weighted by Gasteiger charge is -2.19. The normalized spacial score (nSPS) is 17.2. The van der Waals surface area contributed by atoms with E-state index in [9.17, 15) is 0 Å². The molecule has 0 atom stereocenters. The van der Waals surface area contributed by atoms with Gasteiger partial charge in [0.15, 0.2) is 5.17 Å². The topological polar surface area (TPSA) is 27.6 Å². The molecule has 0 aliphatic carbocycles. The molecular formula is C5H8ClN3S2. The summed E-state index contributed by atoms with van der Waals surface area (Å²) >= 11 is 8.79.